The van der Waals surface area contributed by atoms with Crippen molar-refractivity contribution in [3.05, 3.63) is 95.6 Å². The van der Waals surface area contributed by atoms with Gasteiger partial charge in [-0.2, -0.15) is 0 Å². The highest BCUT2D eigenvalue weighted by Gasteiger charge is 2.46. The summed E-state index contributed by atoms with van der Waals surface area (Å²) in [5, 5.41) is 11.1. The molecule has 0 bridgehead atoms. The Morgan fingerprint density at radius 1 is 0.939 bits per heavy atom. The van der Waals surface area contributed by atoms with Crippen LogP contribution in [0.15, 0.2) is 84.4 Å². The Bertz CT molecular complexity index is 1180. The van der Waals surface area contributed by atoms with Crippen LogP contribution in [0.2, 0.25) is 0 Å². The van der Waals surface area contributed by atoms with Gasteiger partial charge in [0.2, 0.25) is 0 Å². The molecular weight excluding hydrogens is 416 g/mol. The van der Waals surface area contributed by atoms with E-state index >= 15 is 0 Å². The summed E-state index contributed by atoms with van der Waals surface area (Å²) in [7, 11) is 3.88. The lowest BCUT2D eigenvalue weighted by molar-refractivity contribution is -0.132. The topological polar surface area (TPSA) is 70.1 Å². The first-order valence-electron chi connectivity index (χ1n) is 10.8. The van der Waals surface area contributed by atoms with Gasteiger partial charge in [-0.1, -0.05) is 42.5 Å². The summed E-state index contributed by atoms with van der Waals surface area (Å²) in [5.74, 6) is -0.914. The Kier molecular flexibility index (Phi) is 6.18. The molecular formula is C27H26N2O4. The van der Waals surface area contributed by atoms with Crippen LogP contribution in [0.1, 0.15) is 24.1 Å². The number of carbonyl (C=O) groups is 2. The Morgan fingerprint density at radius 3 is 2.15 bits per heavy atom. The standard InChI is InChI=1S/C27H26N2O4/c1-4-33-22-16-14-21(15-17-22)29-24(18-10-12-20(13-11-18)28(2)3)23(26(31)27(29)32)25(30)19-8-6-5-7-9-19/h5-17,24,30H,4H2,1-3H3/b25-23-. The van der Waals surface area contributed by atoms with Gasteiger partial charge in [-0.25, -0.2) is 0 Å². The second-order valence-electron chi connectivity index (χ2n) is 7.95. The van der Waals surface area contributed by atoms with Crippen LogP contribution < -0.4 is 14.5 Å². The number of carbonyl (C=O) groups excluding carboxylic acids is 2. The lowest BCUT2D eigenvalue weighted by atomic mass is 9.95. The number of benzene rings is 3. The fourth-order valence-electron chi connectivity index (χ4n) is 3.99. The maximum absolute atomic E-state index is 13.2. The van der Waals surface area contributed by atoms with Crippen molar-refractivity contribution in [1.82, 2.24) is 0 Å². The molecule has 6 nitrogen and oxygen atoms in total. The molecule has 168 valence electrons. The van der Waals surface area contributed by atoms with E-state index in [4.69, 9.17) is 4.74 Å². The summed E-state index contributed by atoms with van der Waals surface area (Å²) in [5.41, 5.74) is 2.81. The largest absolute Gasteiger partial charge is 0.507 e. The minimum Gasteiger partial charge on any atom is -0.507 e. The molecule has 0 spiro atoms. The second kappa shape index (κ2) is 9.20. The molecule has 1 saturated heterocycles. The van der Waals surface area contributed by atoms with E-state index in [-0.39, 0.29) is 11.3 Å². The van der Waals surface area contributed by atoms with Crippen molar-refractivity contribution in [2.75, 3.05) is 30.5 Å². The maximum Gasteiger partial charge on any atom is 0.300 e. The van der Waals surface area contributed by atoms with Crippen molar-refractivity contribution in [3.8, 4) is 5.75 Å². The first kappa shape index (κ1) is 22.1. The summed E-state index contributed by atoms with van der Waals surface area (Å²) < 4.78 is 5.51. The van der Waals surface area contributed by atoms with Crippen LogP contribution in [0.25, 0.3) is 5.76 Å². The molecule has 0 saturated carbocycles. The van der Waals surface area contributed by atoms with E-state index in [1.807, 2.05) is 56.3 Å². The number of aliphatic hydroxyl groups excluding tert-OH is 1. The van der Waals surface area contributed by atoms with Crippen LogP contribution in [-0.4, -0.2) is 37.5 Å². The van der Waals surface area contributed by atoms with Crippen LogP contribution in [0, 0.1) is 0 Å². The van der Waals surface area contributed by atoms with Gasteiger partial charge in [-0.15, -0.1) is 0 Å². The predicted octanol–water partition coefficient (Wildman–Crippen LogP) is 4.78. The molecule has 0 aromatic heterocycles. The molecule has 1 N–H and O–H groups in total. The number of amides is 1. The molecule has 3 aromatic carbocycles. The van der Waals surface area contributed by atoms with Crippen LogP contribution >= 0.6 is 0 Å². The van der Waals surface area contributed by atoms with Gasteiger partial charge in [0.25, 0.3) is 11.7 Å². The smallest absolute Gasteiger partial charge is 0.300 e. The molecule has 33 heavy (non-hydrogen) atoms. The first-order valence-corrected chi connectivity index (χ1v) is 10.8. The number of hydrogen-bond acceptors (Lipinski definition) is 5. The minimum absolute atomic E-state index is 0.0673. The zero-order chi connectivity index (χ0) is 23.5. The van der Waals surface area contributed by atoms with Crippen molar-refractivity contribution < 1.29 is 19.4 Å². The van der Waals surface area contributed by atoms with E-state index in [2.05, 4.69) is 0 Å². The number of nitrogens with zero attached hydrogens (tertiary/aromatic N) is 2. The highest BCUT2D eigenvalue weighted by molar-refractivity contribution is 6.51. The van der Waals surface area contributed by atoms with Crippen LogP contribution in [0.3, 0.4) is 0 Å². The Hall–Kier alpha value is -4.06. The lowest BCUT2D eigenvalue weighted by Crippen LogP contribution is -2.29. The zero-order valence-corrected chi connectivity index (χ0v) is 18.9. The Balaban J connectivity index is 1.87. The summed E-state index contributed by atoms with van der Waals surface area (Å²) >= 11 is 0. The van der Waals surface area contributed by atoms with E-state index in [1.54, 1.807) is 48.5 Å². The molecule has 0 radical (unpaired) electrons. The van der Waals surface area contributed by atoms with Gasteiger partial charge >= 0.3 is 0 Å². The summed E-state index contributed by atoms with van der Waals surface area (Å²) in [4.78, 5) is 29.8. The molecule has 6 heteroatoms. The molecule has 1 unspecified atom stereocenters. The van der Waals surface area contributed by atoms with Gasteiger partial charge in [0.1, 0.15) is 11.5 Å². The van der Waals surface area contributed by atoms with Gasteiger partial charge < -0.3 is 14.7 Å². The Labute approximate surface area is 193 Å². The molecule has 3 aromatic rings. The summed E-state index contributed by atoms with van der Waals surface area (Å²) in [6, 6.07) is 22.7. The van der Waals surface area contributed by atoms with Gasteiger partial charge in [-0.3, -0.25) is 14.5 Å². The number of hydrogen-bond donors (Lipinski definition) is 1. The van der Waals surface area contributed by atoms with Crippen LogP contribution in [0.4, 0.5) is 11.4 Å². The monoisotopic (exact) mass is 442 g/mol. The first-order chi connectivity index (χ1) is 15.9. The van der Waals surface area contributed by atoms with E-state index in [0.29, 0.717) is 23.6 Å². The number of aliphatic hydroxyl groups is 1. The maximum atomic E-state index is 13.2. The summed E-state index contributed by atoms with van der Waals surface area (Å²) in [6.45, 7) is 2.42. The number of anilines is 2. The molecule has 1 aliphatic rings. The van der Waals surface area contributed by atoms with Crippen molar-refractivity contribution in [3.63, 3.8) is 0 Å². The van der Waals surface area contributed by atoms with Crippen molar-refractivity contribution >= 4 is 28.8 Å². The third-order valence-electron chi connectivity index (χ3n) is 5.64. The highest BCUT2D eigenvalue weighted by Crippen LogP contribution is 2.42. The molecule has 0 aliphatic carbocycles. The molecule has 4 rings (SSSR count). The SMILES string of the molecule is CCOc1ccc(N2C(=O)C(=O)/C(=C(\O)c3ccccc3)C2c2ccc(N(C)C)cc2)cc1. The minimum atomic E-state index is -0.764. The molecule has 1 amide bonds. The van der Waals surface area contributed by atoms with Crippen molar-refractivity contribution in [1.29, 1.82) is 0 Å². The van der Waals surface area contributed by atoms with E-state index < -0.39 is 17.7 Å². The van der Waals surface area contributed by atoms with E-state index in [0.717, 1.165) is 11.3 Å². The average molecular weight is 443 g/mol. The molecule has 1 fully saturated rings. The number of rotatable bonds is 6. The van der Waals surface area contributed by atoms with Crippen molar-refractivity contribution in [2.24, 2.45) is 0 Å². The quantitative estimate of drug-likeness (QED) is 0.338. The number of Topliss-reactive ketones (excluding diaryl/α,β-unsaturated/α-hetero) is 1. The fourth-order valence-corrected chi connectivity index (χ4v) is 3.99. The van der Waals surface area contributed by atoms with Crippen LogP contribution in [0.5, 0.6) is 5.75 Å². The molecule has 1 heterocycles. The van der Waals surface area contributed by atoms with Gasteiger partial charge in [-0.05, 0) is 48.9 Å². The number of ketones is 1. The zero-order valence-electron chi connectivity index (χ0n) is 18.9. The van der Waals surface area contributed by atoms with Crippen molar-refractivity contribution in [2.45, 2.75) is 13.0 Å². The lowest BCUT2D eigenvalue weighted by Gasteiger charge is -2.26. The molecule has 1 atom stereocenters. The van der Waals surface area contributed by atoms with Gasteiger partial charge in [0.15, 0.2) is 0 Å². The van der Waals surface area contributed by atoms with Gasteiger partial charge in [0, 0.05) is 31.0 Å². The fraction of sp³-hybridized carbons (Fsp3) is 0.185. The van der Waals surface area contributed by atoms with Gasteiger partial charge in [0.05, 0.1) is 18.2 Å². The number of ether oxygens (including phenoxy) is 1. The van der Waals surface area contributed by atoms with E-state index in [9.17, 15) is 14.7 Å². The Morgan fingerprint density at radius 2 is 1.58 bits per heavy atom. The predicted molar refractivity (Wildman–Crippen MR) is 130 cm³/mol. The normalized spacial score (nSPS) is 17.3. The molecule has 1 aliphatic heterocycles. The third-order valence-corrected chi connectivity index (χ3v) is 5.64. The highest BCUT2D eigenvalue weighted by atomic mass is 16.5. The second-order valence-corrected chi connectivity index (χ2v) is 7.95. The average Bonchev–Trinajstić information content (AvgIpc) is 3.10. The van der Waals surface area contributed by atoms with Crippen LogP contribution in [-0.2, 0) is 9.59 Å². The van der Waals surface area contributed by atoms with E-state index in [1.165, 1.54) is 4.90 Å². The summed E-state index contributed by atoms with van der Waals surface area (Å²) in [6.07, 6.45) is 0. The third kappa shape index (κ3) is 4.20.